The first kappa shape index (κ1) is 18.4. The number of carbonyl (C=O) groups excluding carboxylic acids is 1. The van der Waals surface area contributed by atoms with Gasteiger partial charge in [-0.15, -0.1) is 0 Å². The van der Waals surface area contributed by atoms with Crippen LogP contribution in [0.15, 0.2) is 24.5 Å². The Balaban J connectivity index is 1.87. The number of aromatic nitrogens is 2. The number of ether oxygens (including phenoxy) is 1. The molecule has 1 aromatic heterocycles. The Morgan fingerprint density at radius 2 is 1.77 bits per heavy atom. The Labute approximate surface area is 153 Å². The highest BCUT2D eigenvalue weighted by molar-refractivity contribution is 5.88. The number of carbonyl (C=O) groups is 1. The second-order valence-electron chi connectivity index (χ2n) is 7.84. The lowest BCUT2D eigenvalue weighted by molar-refractivity contribution is 0.00567. The van der Waals surface area contributed by atoms with Crippen molar-refractivity contribution < 1.29 is 13.9 Å². The second-order valence-corrected chi connectivity index (χ2v) is 7.84. The van der Waals surface area contributed by atoms with Crippen LogP contribution >= 0.6 is 0 Å². The van der Waals surface area contributed by atoms with Gasteiger partial charge in [0.05, 0.1) is 23.3 Å². The number of amides is 1. The van der Waals surface area contributed by atoms with E-state index in [-0.39, 0.29) is 24.0 Å². The number of hydrogen-bond acceptors (Lipinski definition) is 5. The molecule has 2 atom stereocenters. The molecule has 1 aromatic carbocycles. The molecule has 7 heteroatoms. The number of anilines is 1. The highest BCUT2D eigenvalue weighted by atomic mass is 19.1. The summed E-state index contributed by atoms with van der Waals surface area (Å²) in [5.74, 6) is -0.345. The Bertz CT molecular complexity index is 809. The number of nitrogens with zero attached hydrogens (tertiary/aromatic N) is 4. The first-order chi connectivity index (χ1) is 12.2. The van der Waals surface area contributed by atoms with Gasteiger partial charge in [0.25, 0.3) is 0 Å². The quantitative estimate of drug-likeness (QED) is 0.778. The van der Waals surface area contributed by atoms with Crippen molar-refractivity contribution in [1.82, 2.24) is 14.9 Å². The molecule has 1 saturated heterocycles. The molecule has 2 heterocycles. The number of piperazine rings is 1. The SMILES string of the molecule is CC1CN(c2cc(F)cc3nccnc23)CC(C)N1C(=O)OC(C)(C)C. The van der Waals surface area contributed by atoms with Gasteiger partial charge in [0.2, 0.25) is 0 Å². The maximum atomic E-state index is 14.1. The zero-order chi connectivity index (χ0) is 19.1. The van der Waals surface area contributed by atoms with E-state index in [9.17, 15) is 9.18 Å². The smallest absolute Gasteiger partial charge is 0.410 e. The van der Waals surface area contributed by atoms with Crippen molar-refractivity contribution in [3.8, 4) is 0 Å². The maximum absolute atomic E-state index is 14.1. The molecular formula is C19H25FN4O2. The Hall–Kier alpha value is -2.44. The lowest BCUT2D eigenvalue weighted by Gasteiger charge is -2.45. The zero-order valence-electron chi connectivity index (χ0n) is 15.9. The van der Waals surface area contributed by atoms with Crippen molar-refractivity contribution in [3.63, 3.8) is 0 Å². The number of halogens is 1. The van der Waals surface area contributed by atoms with E-state index in [1.165, 1.54) is 12.1 Å². The van der Waals surface area contributed by atoms with Crippen LogP contribution < -0.4 is 4.90 Å². The third-order valence-corrected chi connectivity index (χ3v) is 4.38. The molecule has 1 amide bonds. The number of fused-ring (bicyclic) bond motifs is 1. The van der Waals surface area contributed by atoms with Crippen LogP contribution in [0, 0.1) is 5.82 Å². The molecule has 3 rings (SSSR count). The first-order valence-electron chi connectivity index (χ1n) is 8.82. The molecule has 26 heavy (non-hydrogen) atoms. The van der Waals surface area contributed by atoms with Gasteiger partial charge in [0.1, 0.15) is 16.9 Å². The van der Waals surface area contributed by atoms with E-state index in [4.69, 9.17) is 4.74 Å². The summed E-state index contributed by atoms with van der Waals surface area (Å²) in [5, 5.41) is 0. The molecule has 0 saturated carbocycles. The van der Waals surface area contributed by atoms with Gasteiger partial charge in [-0.05, 0) is 40.7 Å². The van der Waals surface area contributed by atoms with Crippen molar-refractivity contribution in [2.24, 2.45) is 0 Å². The van der Waals surface area contributed by atoms with E-state index in [2.05, 4.69) is 14.9 Å². The lowest BCUT2D eigenvalue weighted by Crippen LogP contribution is -2.59. The topological polar surface area (TPSA) is 58.6 Å². The normalized spacial score (nSPS) is 21.2. The van der Waals surface area contributed by atoms with Crippen LogP contribution in [-0.2, 0) is 4.74 Å². The Morgan fingerprint density at radius 1 is 1.15 bits per heavy atom. The van der Waals surface area contributed by atoms with E-state index < -0.39 is 5.60 Å². The first-order valence-corrected chi connectivity index (χ1v) is 8.82. The van der Waals surface area contributed by atoms with Crippen LogP contribution in [0.4, 0.5) is 14.9 Å². The summed E-state index contributed by atoms with van der Waals surface area (Å²) in [4.78, 5) is 25.0. The number of hydrogen-bond donors (Lipinski definition) is 0. The van der Waals surface area contributed by atoms with Gasteiger partial charge >= 0.3 is 6.09 Å². The summed E-state index contributed by atoms with van der Waals surface area (Å²) in [6.07, 6.45) is 2.84. The minimum Gasteiger partial charge on any atom is -0.444 e. The van der Waals surface area contributed by atoms with E-state index >= 15 is 0 Å². The highest BCUT2D eigenvalue weighted by Gasteiger charge is 2.36. The van der Waals surface area contributed by atoms with Crippen LogP contribution in [0.25, 0.3) is 11.0 Å². The summed E-state index contributed by atoms with van der Waals surface area (Å²) in [6.45, 7) is 10.6. The second kappa shape index (κ2) is 6.70. The van der Waals surface area contributed by atoms with Crippen molar-refractivity contribution in [1.29, 1.82) is 0 Å². The summed E-state index contributed by atoms with van der Waals surface area (Å²) < 4.78 is 19.6. The molecule has 0 bridgehead atoms. The predicted octanol–water partition coefficient (Wildman–Crippen LogP) is 3.60. The van der Waals surface area contributed by atoms with Gasteiger partial charge in [-0.25, -0.2) is 9.18 Å². The summed E-state index contributed by atoms with van der Waals surface area (Å²) in [7, 11) is 0. The molecular weight excluding hydrogens is 335 g/mol. The Kier molecular flexibility index (Phi) is 4.73. The van der Waals surface area contributed by atoms with E-state index in [1.54, 1.807) is 17.3 Å². The van der Waals surface area contributed by atoms with Crippen molar-refractivity contribution in [2.75, 3.05) is 18.0 Å². The van der Waals surface area contributed by atoms with Gasteiger partial charge in [-0.3, -0.25) is 14.9 Å². The molecule has 2 unspecified atom stereocenters. The number of benzene rings is 1. The largest absolute Gasteiger partial charge is 0.444 e. The van der Waals surface area contributed by atoms with E-state index in [0.29, 0.717) is 29.8 Å². The van der Waals surface area contributed by atoms with Gasteiger partial charge < -0.3 is 9.64 Å². The third kappa shape index (κ3) is 3.71. The fraction of sp³-hybridized carbons (Fsp3) is 0.526. The molecule has 0 aliphatic carbocycles. The Morgan fingerprint density at radius 3 is 2.38 bits per heavy atom. The number of rotatable bonds is 1. The third-order valence-electron chi connectivity index (χ3n) is 4.38. The monoisotopic (exact) mass is 360 g/mol. The minimum atomic E-state index is -0.540. The molecule has 6 nitrogen and oxygen atoms in total. The molecule has 1 fully saturated rings. The fourth-order valence-corrected chi connectivity index (χ4v) is 3.46. The van der Waals surface area contributed by atoms with Crippen LogP contribution in [0.1, 0.15) is 34.6 Å². The average molecular weight is 360 g/mol. The maximum Gasteiger partial charge on any atom is 0.410 e. The van der Waals surface area contributed by atoms with E-state index in [1.807, 2.05) is 34.6 Å². The molecule has 1 aliphatic rings. The fourth-order valence-electron chi connectivity index (χ4n) is 3.46. The van der Waals surface area contributed by atoms with Gasteiger partial charge in [-0.1, -0.05) is 0 Å². The van der Waals surface area contributed by atoms with Gasteiger partial charge in [0, 0.05) is 31.5 Å². The average Bonchev–Trinajstić information content (AvgIpc) is 2.51. The van der Waals surface area contributed by atoms with Crippen molar-refractivity contribution in [2.45, 2.75) is 52.3 Å². The van der Waals surface area contributed by atoms with Crippen LogP contribution in [-0.4, -0.2) is 51.7 Å². The van der Waals surface area contributed by atoms with E-state index in [0.717, 1.165) is 0 Å². The van der Waals surface area contributed by atoms with Crippen LogP contribution in [0.2, 0.25) is 0 Å². The highest BCUT2D eigenvalue weighted by Crippen LogP contribution is 2.29. The zero-order valence-corrected chi connectivity index (χ0v) is 15.9. The lowest BCUT2D eigenvalue weighted by atomic mass is 10.1. The van der Waals surface area contributed by atoms with Gasteiger partial charge in [0.15, 0.2) is 0 Å². The predicted molar refractivity (Wildman–Crippen MR) is 98.7 cm³/mol. The van der Waals surface area contributed by atoms with Crippen molar-refractivity contribution in [3.05, 3.63) is 30.3 Å². The van der Waals surface area contributed by atoms with Crippen molar-refractivity contribution >= 4 is 22.8 Å². The molecule has 2 aromatic rings. The minimum absolute atomic E-state index is 0.0800. The molecule has 0 spiro atoms. The standard InChI is InChI=1S/C19H25FN4O2/c1-12-10-23(11-13(2)24(12)18(25)26-19(3,4)5)16-9-14(20)8-15-17(16)22-7-6-21-15/h6-9,12-13H,10-11H2,1-5H3. The summed E-state index contributed by atoms with van der Waals surface area (Å²) in [5.41, 5.74) is 1.36. The summed E-state index contributed by atoms with van der Waals surface area (Å²) in [6, 6.07) is 2.71. The van der Waals surface area contributed by atoms with Crippen LogP contribution in [0.3, 0.4) is 0 Å². The van der Waals surface area contributed by atoms with Gasteiger partial charge in [-0.2, -0.15) is 0 Å². The molecule has 0 N–H and O–H groups in total. The van der Waals surface area contributed by atoms with Crippen LogP contribution in [0.5, 0.6) is 0 Å². The molecule has 0 radical (unpaired) electrons. The molecule has 140 valence electrons. The summed E-state index contributed by atoms with van der Waals surface area (Å²) >= 11 is 0. The molecule has 1 aliphatic heterocycles.